The Bertz CT molecular complexity index is 382. The summed E-state index contributed by atoms with van der Waals surface area (Å²) in [4.78, 5) is 31.8. The smallest absolute Gasteiger partial charge is 0.323 e. The zero-order valence-electron chi connectivity index (χ0n) is 16.3. The minimum Gasteiger partial charge on any atom is -0.438 e. The van der Waals surface area contributed by atoms with Gasteiger partial charge in [0.1, 0.15) is 14.2 Å². The molecule has 0 amide bonds. The van der Waals surface area contributed by atoms with Crippen molar-refractivity contribution < 1.29 is 43.9 Å². The summed E-state index contributed by atoms with van der Waals surface area (Å²) in [7, 11) is 0. The van der Waals surface area contributed by atoms with Crippen molar-refractivity contribution in [2.24, 2.45) is 0 Å². The molecule has 0 aliphatic heterocycles. The lowest BCUT2D eigenvalue weighted by molar-refractivity contribution is -0.154. The number of hydrogen-bond acceptors (Lipinski definition) is 12. The monoisotopic (exact) mass is 450 g/mol. The van der Waals surface area contributed by atoms with E-state index in [2.05, 4.69) is 52.1 Å². The first kappa shape index (κ1) is 31.0. The Hall–Kier alpha value is -0.660. The van der Waals surface area contributed by atoms with Crippen LogP contribution in [0.1, 0.15) is 41.5 Å². The number of hydrogen-bond donors (Lipinski definition) is 6. The van der Waals surface area contributed by atoms with Crippen molar-refractivity contribution in [2.75, 3.05) is 20.4 Å². The van der Waals surface area contributed by atoms with Crippen molar-refractivity contribution in [2.45, 2.75) is 55.8 Å². The lowest BCUT2D eigenvalue weighted by atomic mass is 10.2. The summed E-state index contributed by atoms with van der Waals surface area (Å²) in [6, 6.07) is 0. The summed E-state index contributed by atoms with van der Waals surface area (Å²) in [6.45, 7) is 7.81. The molecule has 9 nitrogen and oxygen atoms in total. The molecule has 162 valence electrons. The molecule has 0 saturated carbocycles. The molecule has 0 heterocycles. The Morgan fingerprint density at radius 3 is 0.778 bits per heavy atom. The summed E-state index contributed by atoms with van der Waals surface area (Å²) in [6.07, 6.45) is 0. The highest BCUT2D eigenvalue weighted by Crippen LogP contribution is 2.14. The second-order valence-electron chi connectivity index (χ2n) is 6.36. The molecule has 0 aliphatic carbocycles. The van der Waals surface area contributed by atoms with Gasteiger partial charge in [-0.25, -0.2) is 0 Å². The summed E-state index contributed by atoms with van der Waals surface area (Å²) >= 11 is 11.7. The zero-order chi connectivity index (χ0) is 22.5. The fourth-order valence-corrected chi connectivity index (χ4v) is 0.899. The van der Waals surface area contributed by atoms with Crippen molar-refractivity contribution in [3.8, 4) is 0 Å². The van der Waals surface area contributed by atoms with Crippen molar-refractivity contribution in [1.29, 1.82) is 0 Å². The molecule has 0 aromatic heterocycles. The molecule has 0 fully saturated rings. The molecular weight excluding hydrogens is 420 g/mol. The predicted octanol–water partition coefficient (Wildman–Crippen LogP) is 0.563. The van der Waals surface area contributed by atoms with Crippen molar-refractivity contribution in [3.05, 3.63) is 0 Å². The van der Waals surface area contributed by atoms with Crippen LogP contribution in [0.15, 0.2) is 0 Å². The van der Waals surface area contributed by atoms with Crippen LogP contribution < -0.4 is 0 Å². The number of carbonyl (C=O) groups is 3. The van der Waals surface area contributed by atoms with E-state index in [-0.39, 0.29) is 0 Å². The number of ether oxygens (including phenoxy) is 3. The highest BCUT2D eigenvalue weighted by Gasteiger charge is 2.24. The molecular formula is C15H30O9S3. The molecule has 3 N–H and O–H groups in total. The van der Waals surface area contributed by atoms with Crippen LogP contribution in [0.4, 0.5) is 0 Å². The predicted molar refractivity (Wildman–Crippen MR) is 109 cm³/mol. The number of carbonyl (C=O) groups excluding carboxylic acids is 3. The lowest BCUT2D eigenvalue weighted by Gasteiger charge is -2.13. The number of aliphatic hydroxyl groups is 3. The maximum Gasteiger partial charge on any atom is 0.323 e. The van der Waals surface area contributed by atoms with Gasteiger partial charge in [-0.3, -0.25) is 14.4 Å². The Morgan fingerprint density at radius 1 is 0.593 bits per heavy atom. The molecule has 0 spiro atoms. The summed E-state index contributed by atoms with van der Waals surface area (Å²) in [5, 5.41) is 24.4. The van der Waals surface area contributed by atoms with Gasteiger partial charge in [-0.2, -0.15) is 37.9 Å². The highest BCUT2D eigenvalue weighted by molar-refractivity contribution is 7.83. The third-order valence-corrected chi connectivity index (χ3v) is 2.63. The van der Waals surface area contributed by atoms with Crippen LogP contribution >= 0.6 is 37.9 Å². The van der Waals surface area contributed by atoms with Crippen LogP contribution in [-0.4, -0.2) is 67.8 Å². The first-order valence-electron chi connectivity index (χ1n) is 7.46. The largest absolute Gasteiger partial charge is 0.438 e. The van der Waals surface area contributed by atoms with Crippen molar-refractivity contribution in [1.82, 2.24) is 0 Å². The average Bonchev–Trinajstić information content (AvgIpc) is 2.46. The van der Waals surface area contributed by atoms with Crippen molar-refractivity contribution >= 4 is 55.8 Å². The number of aliphatic hydroxyl groups excluding tert-OH is 3. The van der Waals surface area contributed by atoms with Gasteiger partial charge in [0.05, 0.1) is 0 Å². The van der Waals surface area contributed by atoms with E-state index in [1.807, 2.05) is 0 Å². The molecule has 27 heavy (non-hydrogen) atoms. The summed E-state index contributed by atoms with van der Waals surface area (Å²) in [5.41, 5.74) is 0. The number of esters is 3. The second-order valence-corrected chi connectivity index (χ2v) is 9.71. The molecule has 0 atom stereocenters. The molecule has 0 aromatic rings. The van der Waals surface area contributed by atoms with Crippen LogP contribution in [0.3, 0.4) is 0 Å². The normalized spacial score (nSPS) is 11.1. The van der Waals surface area contributed by atoms with E-state index in [1.54, 1.807) is 41.5 Å². The first-order valence-corrected chi connectivity index (χ1v) is 8.80. The molecule has 0 aromatic carbocycles. The minimum absolute atomic E-state index is 0.520. The Labute approximate surface area is 176 Å². The van der Waals surface area contributed by atoms with Gasteiger partial charge in [0.2, 0.25) is 0 Å². The minimum atomic E-state index is -0.817. The van der Waals surface area contributed by atoms with Crippen molar-refractivity contribution in [3.63, 3.8) is 0 Å². The van der Waals surface area contributed by atoms with Gasteiger partial charge >= 0.3 is 17.9 Å². The van der Waals surface area contributed by atoms with Crippen LogP contribution in [0, 0.1) is 0 Å². The zero-order valence-corrected chi connectivity index (χ0v) is 18.9. The topological polar surface area (TPSA) is 140 Å². The van der Waals surface area contributed by atoms with Gasteiger partial charge < -0.3 is 29.5 Å². The van der Waals surface area contributed by atoms with E-state index >= 15 is 0 Å². The maximum absolute atomic E-state index is 10.6. The van der Waals surface area contributed by atoms with Gasteiger partial charge in [0, 0.05) is 0 Å². The highest BCUT2D eigenvalue weighted by atomic mass is 32.1. The molecule has 0 unspecified atom stereocenters. The quantitative estimate of drug-likeness (QED) is 0.148. The van der Waals surface area contributed by atoms with Crippen LogP contribution in [0.25, 0.3) is 0 Å². The van der Waals surface area contributed by atoms with E-state index in [4.69, 9.17) is 15.3 Å². The fraction of sp³-hybridized carbons (Fsp3) is 0.800. The third kappa shape index (κ3) is 19.9. The van der Waals surface area contributed by atoms with E-state index < -0.39 is 52.5 Å². The van der Waals surface area contributed by atoms with Crippen LogP contribution in [0.5, 0.6) is 0 Å². The van der Waals surface area contributed by atoms with Gasteiger partial charge in [-0.15, -0.1) is 0 Å². The summed E-state index contributed by atoms with van der Waals surface area (Å²) < 4.78 is 10.3. The Kier molecular flexibility index (Phi) is 16.5. The molecule has 0 saturated heterocycles. The van der Waals surface area contributed by atoms with E-state index in [0.29, 0.717) is 0 Å². The molecule has 0 aliphatic rings. The van der Waals surface area contributed by atoms with E-state index in [0.717, 1.165) is 0 Å². The summed E-state index contributed by atoms with van der Waals surface area (Å²) in [5.74, 6) is -1.56. The van der Waals surface area contributed by atoms with Gasteiger partial charge in [0.15, 0.2) is 20.4 Å². The molecule has 12 heteroatoms. The number of rotatable bonds is 6. The van der Waals surface area contributed by atoms with Gasteiger partial charge in [0.25, 0.3) is 0 Å². The standard InChI is InChI=1S/3C5H10O3S/c3*1-5(2,9)4(7)8-3-6/h3*6,9H,3H2,1-2H3. The average molecular weight is 451 g/mol. The molecule has 0 bridgehead atoms. The van der Waals surface area contributed by atoms with E-state index in [9.17, 15) is 14.4 Å². The number of thiol groups is 3. The SMILES string of the molecule is CC(C)(S)C(=O)OCO.CC(C)(S)C(=O)OCO.CC(C)(S)C(=O)OCO. The van der Waals surface area contributed by atoms with Gasteiger partial charge in [-0.05, 0) is 41.5 Å². The lowest BCUT2D eigenvalue weighted by Crippen LogP contribution is -2.27. The third-order valence-electron chi connectivity index (χ3n) is 2.09. The van der Waals surface area contributed by atoms with Crippen LogP contribution in [-0.2, 0) is 28.6 Å². The van der Waals surface area contributed by atoms with Crippen LogP contribution in [0.2, 0.25) is 0 Å². The molecule has 0 rings (SSSR count). The van der Waals surface area contributed by atoms with E-state index in [1.165, 1.54) is 0 Å². The Morgan fingerprint density at radius 2 is 0.741 bits per heavy atom. The maximum atomic E-state index is 10.6. The fourth-order valence-electron chi connectivity index (χ4n) is 0.706. The van der Waals surface area contributed by atoms with Gasteiger partial charge in [-0.1, -0.05) is 0 Å². The first-order chi connectivity index (χ1) is 11.9. The Balaban J connectivity index is -0.000000320. The molecule has 0 radical (unpaired) electrons. The second kappa shape index (κ2) is 14.4.